The van der Waals surface area contributed by atoms with Gasteiger partial charge in [0.2, 0.25) is 5.91 Å². The molecule has 3 heterocycles. The molecule has 7 nitrogen and oxygen atoms in total. The minimum atomic E-state index is -0.480. The molecule has 1 aromatic heterocycles. The molecule has 10 heteroatoms. The van der Waals surface area contributed by atoms with Gasteiger partial charge in [-0.1, -0.05) is 0 Å². The lowest BCUT2D eigenvalue weighted by Gasteiger charge is -2.30. The van der Waals surface area contributed by atoms with E-state index in [2.05, 4.69) is 15.6 Å². The van der Waals surface area contributed by atoms with Crippen molar-refractivity contribution >= 4 is 53.1 Å². The number of ether oxygens (including phenoxy) is 1. The molecule has 0 aromatic carbocycles. The maximum absolute atomic E-state index is 12.5. The van der Waals surface area contributed by atoms with Crippen molar-refractivity contribution < 1.29 is 14.3 Å². The standard InChI is InChI=1S/C13H18N4O3S.2ClH/c18-11(16-13-15-4-7-21-13)9-2-1-5-17(9)12(19)10-8-14-3-6-20-10;;/h4,7,9-10,14H,1-3,5-6,8H2,(H,15,16,18);2*1H. The number of nitrogens with zero attached hydrogens (tertiary/aromatic N) is 2. The normalized spacial score (nSPS) is 23.6. The summed E-state index contributed by atoms with van der Waals surface area (Å²) in [5.74, 6) is -0.265. The molecule has 0 spiro atoms. The first kappa shape index (κ1) is 20.1. The van der Waals surface area contributed by atoms with Gasteiger partial charge in [-0.05, 0) is 12.8 Å². The Morgan fingerprint density at radius 3 is 2.91 bits per heavy atom. The number of likely N-dealkylation sites (tertiary alicyclic amines) is 1. The number of hydrogen-bond donors (Lipinski definition) is 2. The topological polar surface area (TPSA) is 83.6 Å². The zero-order chi connectivity index (χ0) is 14.7. The average Bonchev–Trinajstić information content (AvgIpc) is 3.18. The fourth-order valence-corrected chi connectivity index (χ4v) is 3.22. The van der Waals surface area contributed by atoms with Crippen LogP contribution in [0.5, 0.6) is 0 Å². The highest BCUT2D eigenvalue weighted by Gasteiger charge is 2.38. The number of carbonyl (C=O) groups excluding carboxylic acids is 2. The number of anilines is 1. The molecule has 1 aromatic rings. The molecule has 23 heavy (non-hydrogen) atoms. The van der Waals surface area contributed by atoms with Crippen LogP contribution in [0.1, 0.15) is 12.8 Å². The maximum Gasteiger partial charge on any atom is 0.253 e. The molecule has 130 valence electrons. The number of hydrogen-bond acceptors (Lipinski definition) is 6. The van der Waals surface area contributed by atoms with Gasteiger partial charge in [0.05, 0.1) is 6.61 Å². The fraction of sp³-hybridized carbons (Fsp3) is 0.615. The van der Waals surface area contributed by atoms with Gasteiger partial charge in [0.25, 0.3) is 5.91 Å². The summed E-state index contributed by atoms with van der Waals surface area (Å²) in [6.07, 6.45) is 2.68. The van der Waals surface area contributed by atoms with Gasteiger partial charge in [-0.15, -0.1) is 36.2 Å². The van der Waals surface area contributed by atoms with E-state index in [4.69, 9.17) is 4.74 Å². The Morgan fingerprint density at radius 1 is 1.43 bits per heavy atom. The summed E-state index contributed by atoms with van der Waals surface area (Å²) >= 11 is 1.37. The quantitative estimate of drug-likeness (QED) is 0.811. The largest absolute Gasteiger partial charge is 0.366 e. The first-order chi connectivity index (χ1) is 10.3. The molecule has 2 atom stereocenters. The van der Waals surface area contributed by atoms with Gasteiger partial charge < -0.3 is 20.3 Å². The Hall–Kier alpha value is -0.930. The molecule has 2 aliphatic heterocycles. The van der Waals surface area contributed by atoms with E-state index >= 15 is 0 Å². The SMILES string of the molecule is Cl.Cl.O=C(Nc1nccs1)C1CCCN1C(=O)C1CNCCO1. The highest BCUT2D eigenvalue weighted by Crippen LogP contribution is 2.21. The summed E-state index contributed by atoms with van der Waals surface area (Å²) in [6, 6.07) is -0.424. The molecule has 2 saturated heterocycles. The van der Waals surface area contributed by atoms with E-state index in [0.29, 0.717) is 31.2 Å². The third-order valence-electron chi connectivity index (χ3n) is 3.70. The molecule has 0 saturated carbocycles. The molecular formula is C13H20Cl2N4O3S. The van der Waals surface area contributed by atoms with E-state index in [9.17, 15) is 9.59 Å². The molecule has 0 aliphatic carbocycles. The van der Waals surface area contributed by atoms with Gasteiger partial charge in [0.15, 0.2) is 5.13 Å². The van der Waals surface area contributed by atoms with Gasteiger partial charge in [-0.25, -0.2) is 4.98 Å². The number of morpholine rings is 1. The first-order valence-corrected chi connectivity index (χ1v) is 7.97. The van der Waals surface area contributed by atoms with Crippen LogP contribution in [0, 0.1) is 0 Å². The van der Waals surface area contributed by atoms with Crippen molar-refractivity contribution in [3.63, 3.8) is 0 Å². The average molecular weight is 383 g/mol. The lowest BCUT2D eigenvalue weighted by molar-refractivity contribution is -0.148. The Labute approximate surface area is 151 Å². The molecule has 2 amide bonds. The number of amides is 2. The first-order valence-electron chi connectivity index (χ1n) is 7.09. The van der Waals surface area contributed by atoms with Gasteiger partial charge in [-0.3, -0.25) is 9.59 Å². The van der Waals surface area contributed by atoms with E-state index < -0.39 is 12.1 Å². The summed E-state index contributed by atoms with van der Waals surface area (Å²) in [6.45, 7) is 2.41. The number of thiazole rings is 1. The molecule has 2 unspecified atom stereocenters. The third kappa shape index (κ3) is 4.77. The molecule has 2 N–H and O–H groups in total. The summed E-state index contributed by atoms with van der Waals surface area (Å²) in [5, 5.41) is 8.27. The Kier molecular flexibility index (Phi) is 8.21. The summed E-state index contributed by atoms with van der Waals surface area (Å²) in [5.41, 5.74) is 0. The third-order valence-corrected chi connectivity index (χ3v) is 4.39. The summed E-state index contributed by atoms with van der Waals surface area (Å²) in [7, 11) is 0. The van der Waals surface area contributed by atoms with Crippen LogP contribution in [-0.2, 0) is 14.3 Å². The van der Waals surface area contributed by atoms with Crippen LogP contribution in [0.3, 0.4) is 0 Å². The van der Waals surface area contributed by atoms with Gasteiger partial charge in [-0.2, -0.15) is 0 Å². The van der Waals surface area contributed by atoms with Crippen LogP contribution in [0.15, 0.2) is 11.6 Å². The molecule has 2 aliphatic rings. The number of aromatic nitrogens is 1. The Morgan fingerprint density at radius 2 is 2.26 bits per heavy atom. The fourth-order valence-electron chi connectivity index (χ4n) is 2.69. The van der Waals surface area contributed by atoms with E-state index in [-0.39, 0.29) is 36.6 Å². The predicted molar refractivity (Wildman–Crippen MR) is 92.6 cm³/mol. The van der Waals surface area contributed by atoms with Crippen LogP contribution in [-0.4, -0.2) is 60.1 Å². The molecular weight excluding hydrogens is 363 g/mol. The van der Waals surface area contributed by atoms with Crippen molar-refractivity contribution in [1.29, 1.82) is 0 Å². The summed E-state index contributed by atoms with van der Waals surface area (Å²) in [4.78, 5) is 30.5. The number of nitrogens with one attached hydrogen (secondary N) is 2. The second kappa shape index (κ2) is 9.39. The smallest absolute Gasteiger partial charge is 0.253 e. The number of rotatable bonds is 3. The molecule has 0 bridgehead atoms. The predicted octanol–water partition coefficient (Wildman–Crippen LogP) is 0.905. The van der Waals surface area contributed by atoms with Crippen LogP contribution < -0.4 is 10.6 Å². The second-order valence-corrected chi connectivity index (χ2v) is 5.97. The van der Waals surface area contributed by atoms with Crippen molar-refractivity contribution in [2.24, 2.45) is 0 Å². The van der Waals surface area contributed by atoms with E-state index in [0.717, 1.165) is 13.0 Å². The van der Waals surface area contributed by atoms with Crippen LogP contribution >= 0.6 is 36.2 Å². The van der Waals surface area contributed by atoms with Crippen LogP contribution in [0.25, 0.3) is 0 Å². The van der Waals surface area contributed by atoms with E-state index in [1.54, 1.807) is 16.5 Å². The van der Waals surface area contributed by atoms with Gasteiger partial charge >= 0.3 is 0 Å². The highest BCUT2D eigenvalue weighted by atomic mass is 35.5. The van der Waals surface area contributed by atoms with Crippen molar-refractivity contribution in [1.82, 2.24) is 15.2 Å². The lowest BCUT2D eigenvalue weighted by Crippen LogP contribution is -2.52. The number of halogens is 2. The zero-order valence-corrected chi connectivity index (χ0v) is 14.8. The van der Waals surface area contributed by atoms with E-state index in [1.165, 1.54) is 11.3 Å². The monoisotopic (exact) mass is 382 g/mol. The zero-order valence-electron chi connectivity index (χ0n) is 12.4. The van der Waals surface area contributed by atoms with Gasteiger partial charge in [0.1, 0.15) is 12.1 Å². The maximum atomic E-state index is 12.5. The number of carbonyl (C=O) groups is 2. The Balaban J connectivity index is 0.00000132. The van der Waals surface area contributed by atoms with Crippen molar-refractivity contribution in [3.05, 3.63) is 11.6 Å². The highest BCUT2D eigenvalue weighted by molar-refractivity contribution is 7.13. The van der Waals surface area contributed by atoms with E-state index in [1.807, 2.05) is 0 Å². The second-order valence-electron chi connectivity index (χ2n) is 5.08. The van der Waals surface area contributed by atoms with Crippen LogP contribution in [0.2, 0.25) is 0 Å². The van der Waals surface area contributed by atoms with Crippen molar-refractivity contribution in [2.75, 3.05) is 31.6 Å². The van der Waals surface area contributed by atoms with Crippen molar-refractivity contribution in [2.45, 2.75) is 25.0 Å². The molecule has 2 fully saturated rings. The Bertz CT molecular complexity index is 511. The van der Waals surface area contributed by atoms with Gasteiger partial charge in [0, 0.05) is 31.2 Å². The lowest BCUT2D eigenvalue weighted by atomic mass is 10.2. The van der Waals surface area contributed by atoms with Crippen molar-refractivity contribution in [3.8, 4) is 0 Å². The minimum Gasteiger partial charge on any atom is -0.366 e. The van der Waals surface area contributed by atoms with Crippen LogP contribution in [0.4, 0.5) is 5.13 Å². The minimum absolute atomic E-state index is 0. The molecule has 0 radical (unpaired) electrons. The summed E-state index contributed by atoms with van der Waals surface area (Å²) < 4.78 is 5.49. The molecule has 3 rings (SSSR count).